The minimum absolute atomic E-state index is 0.164. The van der Waals surface area contributed by atoms with E-state index < -0.39 is 0 Å². The van der Waals surface area contributed by atoms with Gasteiger partial charge in [-0.05, 0) is 43.1 Å². The van der Waals surface area contributed by atoms with E-state index in [2.05, 4.69) is 68.6 Å². The van der Waals surface area contributed by atoms with Crippen molar-refractivity contribution in [2.24, 2.45) is 0 Å². The summed E-state index contributed by atoms with van der Waals surface area (Å²) in [6.45, 7) is 7.68. The number of benzene rings is 2. The second-order valence-electron chi connectivity index (χ2n) is 5.27. The molecule has 0 bridgehead atoms. The first-order chi connectivity index (χ1) is 8.11. The van der Waals surface area contributed by atoms with E-state index in [0.29, 0.717) is 0 Å². The molecular weight excluding hydrogens is 206 g/mol. The molecule has 0 fully saturated rings. The van der Waals surface area contributed by atoms with Crippen LogP contribution in [-0.4, -0.2) is 12.1 Å². The van der Waals surface area contributed by atoms with Gasteiger partial charge in [0.15, 0.2) is 0 Å². The smallest absolute Gasteiger partial charge is 0.0165 e. The van der Waals surface area contributed by atoms with Crippen molar-refractivity contribution in [2.75, 3.05) is 6.54 Å². The summed E-state index contributed by atoms with van der Waals surface area (Å²) >= 11 is 0. The molecule has 2 rings (SSSR count). The van der Waals surface area contributed by atoms with Crippen LogP contribution >= 0.6 is 0 Å². The van der Waals surface area contributed by atoms with Crippen LogP contribution in [0.2, 0.25) is 0 Å². The average molecular weight is 227 g/mol. The first kappa shape index (κ1) is 12.1. The van der Waals surface area contributed by atoms with Gasteiger partial charge in [0.1, 0.15) is 0 Å². The SMILES string of the molecule is CCNC(C)(C)Cc1ccc2ccccc2c1. The third kappa shape index (κ3) is 3.07. The lowest BCUT2D eigenvalue weighted by Gasteiger charge is -2.26. The van der Waals surface area contributed by atoms with Crippen LogP contribution in [0.1, 0.15) is 26.3 Å². The van der Waals surface area contributed by atoms with E-state index in [4.69, 9.17) is 0 Å². The average Bonchev–Trinajstić information content (AvgIpc) is 2.28. The van der Waals surface area contributed by atoms with Crippen LogP contribution < -0.4 is 5.32 Å². The lowest BCUT2D eigenvalue weighted by Crippen LogP contribution is -2.41. The highest BCUT2D eigenvalue weighted by Gasteiger charge is 2.16. The standard InChI is InChI=1S/C16H21N/c1-4-17-16(2,3)12-13-9-10-14-7-5-6-8-15(14)11-13/h5-11,17H,4,12H2,1-3H3. The van der Waals surface area contributed by atoms with Crippen LogP contribution in [0.4, 0.5) is 0 Å². The zero-order valence-electron chi connectivity index (χ0n) is 11.0. The molecule has 0 aliphatic carbocycles. The zero-order valence-corrected chi connectivity index (χ0v) is 11.0. The Morgan fingerprint density at radius 2 is 1.71 bits per heavy atom. The van der Waals surface area contributed by atoms with Gasteiger partial charge in [-0.15, -0.1) is 0 Å². The predicted molar refractivity (Wildman–Crippen MR) is 75.4 cm³/mol. The van der Waals surface area contributed by atoms with Gasteiger partial charge in [0, 0.05) is 5.54 Å². The fourth-order valence-electron chi connectivity index (χ4n) is 2.40. The number of hydrogen-bond donors (Lipinski definition) is 1. The summed E-state index contributed by atoms with van der Waals surface area (Å²) in [6, 6.07) is 15.3. The maximum atomic E-state index is 3.52. The normalized spacial score (nSPS) is 11.9. The molecule has 0 saturated carbocycles. The van der Waals surface area contributed by atoms with E-state index >= 15 is 0 Å². The van der Waals surface area contributed by atoms with Gasteiger partial charge < -0.3 is 5.32 Å². The number of hydrogen-bond acceptors (Lipinski definition) is 1. The summed E-state index contributed by atoms with van der Waals surface area (Å²) in [5.41, 5.74) is 1.56. The van der Waals surface area contributed by atoms with Gasteiger partial charge in [-0.3, -0.25) is 0 Å². The van der Waals surface area contributed by atoms with Crippen LogP contribution in [0.5, 0.6) is 0 Å². The second-order valence-corrected chi connectivity index (χ2v) is 5.27. The number of nitrogens with one attached hydrogen (secondary N) is 1. The molecule has 0 atom stereocenters. The van der Waals surface area contributed by atoms with E-state index in [1.165, 1.54) is 16.3 Å². The molecule has 0 radical (unpaired) electrons. The van der Waals surface area contributed by atoms with Crippen LogP contribution in [0.3, 0.4) is 0 Å². The number of likely N-dealkylation sites (N-methyl/N-ethyl adjacent to an activating group) is 1. The van der Waals surface area contributed by atoms with E-state index in [1.54, 1.807) is 0 Å². The first-order valence-electron chi connectivity index (χ1n) is 6.33. The van der Waals surface area contributed by atoms with Crippen molar-refractivity contribution in [1.82, 2.24) is 5.32 Å². The van der Waals surface area contributed by atoms with Crippen molar-refractivity contribution >= 4 is 10.8 Å². The van der Waals surface area contributed by atoms with Crippen molar-refractivity contribution in [2.45, 2.75) is 32.7 Å². The fourth-order valence-corrected chi connectivity index (χ4v) is 2.40. The highest BCUT2D eigenvalue weighted by atomic mass is 14.9. The molecule has 0 spiro atoms. The maximum Gasteiger partial charge on any atom is 0.0165 e. The van der Waals surface area contributed by atoms with Crippen LogP contribution in [0.25, 0.3) is 10.8 Å². The Bertz CT molecular complexity index is 500. The molecule has 1 nitrogen and oxygen atoms in total. The molecule has 0 amide bonds. The molecule has 0 unspecified atom stereocenters. The van der Waals surface area contributed by atoms with Crippen molar-refractivity contribution in [3.63, 3.8) is 0 Å². The maximum absolute atomic E-state index is 3.52. The third-order valence-electron chi connectivity index (χ3n) is 3.12. The Kier molecular flexibility index (Phi) is 3.49. The summed E-state index contributed by atoms with van der Waals surface area (Å²) < 4.78 is 0. The summed E-state index contributed by atoms with van der Waals surface area (Å²) in [5.74, 6) is 0. The Balaban J connectivity index is 2.25. The molecule has 0 saturated heterocycles. The molecule has 0 aliphatic heterocycles. The molecule has 0 heterocycles. The van der Waals surface area contributed by atoms with Gasteiger partial charge in [0.25, 0.3) is 0 Å². The first-order valence-corrected chi connectivity index (χ1v) is 6.33. The topological polar surface area (TPSA) is 12.0 Å². The molecule has 2 aromatic rings. The summed E-state index contributed by atoms with van der Waals surface area (Å²) in [4.78, 5) is 0. The van der Waals surface area contributed by atoms with E-state index in [9.17, 15) is 0 Å². The van der Waals surface area contributed by atoms with Crippen molar-refractivity contribution in [3.05, 3.63) is 48.0 Å². The minimum Gasteiger partial charge on any atom is -0.312 e. The molecular formula is C16H21N. The third-order valence-corrected chi connectivity index (χ3v) is 3.12. The fraction of sp³-hybridized carbons (Fsp3) is 0.375. The summed E-state index contributed by atoms with van der Waals surface area (Å²) in [6.07, 6.45) is 1.06. The number of fused-ring (bicyclic) bond motifs is 1. The summed E-state index contributed by atoms with van der Waals surface area (Å²) in [5, 5.41) is 6.17. The Labute approximate surface area is 104 Å². The van der Waals surface area contributed by atoms with Gasteiger partial charge in [0.05, 0.1) is 0 Å². The zero-order chi connectivity index (χ0) is 12.3. The van der Waals surface area contributed by atoms with Crippen LogP contribution in [0.15, 0.2) is 42.5 Å². The van der Waals surface area contributed by atoms with E-state index in [0.717, 1.165) is 13.0 Å². The van der Waals surface area contributed by atoms with Gasteiger partial charge in [-0.1, -0.05) is 49.4 Å². The quantitative estimate of drug-likeness (QED) is 0.838. The number of rotatable bonds is 4. The van der Waals surface area contributed by atoms with Crippen molar-refractivity contribution in [1.29, 1.82) is 0 Å². The van der Waals surface area contributed by atoms with Crippen LogP contribution in [0, 0.1) is 0 Å². The van der Waals surface area contributed by atoms with Crippen LogP contribution in [-0.2, 0) is 6.42 Å². The highest BCUT2D eigenvalue weighted by molar-refractivity contribution is 5.83. The molecule has 0 aliphatic rings. The van der Waals surface area contributed by atoms with E-state index in [1.807, 2.05) is 0 Å². The molecule has 17 heavy (non-hydrogen) atoms. The highest BCUT2D eigenvalue weighted by Crippen LogP contribution is 2.19. The molecule has 0 aromatic heterocycles. The Morgan fingerprint density at radius 1 is 1.00 bits per heavy atom. The lowest BCUT2D eigenvalue weighted by atomic mass is 9.93. The monoisotopic (exact) mass is 227 g/mol. The van der Waals surface area contributed by atoms with E-state index in [-0.39, 0.29) is 5.54 Å². The Hall–Kier alpha value is -1.34. The Morgan fingerprint density at radius 3 is 2.41 bits per heavy atom. The van der Waals surface area contributed by atoms with Gasteiger partial charge in [-0.25, -0.2) is 0 Å². The predicted octanol–water partition coefficient (Wildman–Crippen LogP) is 3.77. The molecule has 2 aromatic carbocycles. The van der Waals surface area contributed by atoms with Gasteiger partial charge in [-0.2, -0.15) is 0 Å². The molecule has 1 N–H and O–H groups in total. The van der Waals surface area contributed by atoms with Gasteiger partial charge in [0.2, 0.25) is 0 Å². The molecule has 90 valence electrons. The minimum atomic E-state index is 0.164. The van der Waals surface area contributed by atoms with Gasteiger partial charge >= 0.3 is 0 Å². The van der Waals surface area contributed by atoms with Crippen molar-refractivity contribution < 1.29 is 0 Å². The van der Waals surface area contributed by atoms with Crippen molar-refractivity contribution in [3.8, 4) is 0 Å². The molecule has 1 heteroatoms. The summed E-state index contributed by atoms with van der Waals surface area (Å²) in [7, 11) is 0. The lowest BCUT2D eigenvalue weighted by molar-refractivity contribution is 0.397. The second kappa shape index (κ2) is 4.89. The largest absolute Gasteiger partial charge is 0.312 e.